The number of piperazine rings is 1. The Labute approximate surface area is 81.3 Å². The summed E-state index contributed by atoms with van der Waals surface area (Å²) in [4.78, 5) is 23.7. The Morgan fingerprint density at radius 1 is 1.62 bits per heavy atom. The second-order valence-electron chi connectivity index (χ2n) is 3.36. The number of carbonyl (C=O) groups is 2. The highest BCUT2D eigenvalue weighted by Crippen LogP contribution is 2.17. The molecule has 0 aromatic carbocycles. The van der Waals surface area contributed by atoms with Gasteiger partial charge in [-0.1, -0.05) is 0 Å². The lowest BCUT2D eigenvalue weighted by Crippen LogP contribution is -2.66. The van der Waals surface area contributed by atoms with Gasteiger partial charge >= 0.3 is 0 Å². The van der Waals surface area contributed by atoms with Crippen LogP contribution in [0.1, 0.15) is 13.8 Å². The lowest BCUT2D eigenvalue weighted by Gasteiger charge is -2.40. The molecule has 0 saturated carbocycles. The molecule has 0 aromatic rings. The lowest BCUT2D eigenvalue weighted by molar-refractivity contribution is -0.141. The van der Waals surface area contributed by atoms with Gasteiger partial charge in [0, 0.05) is 0 Å². The number of thiocarbonyl (C=S) groups is 1. The van der Waals surface area contributed by atoms with Crippen molar-refractivity contribution in [2.75, 3.05) is 6.54 Å². The van der Waals surface area contributed by atoms with E-state index in [4.69, 9.17) is 18.0 Å². The maximum absolute atomic E-state index is 11.4. The summed E-state index contributed by atoms with van der Waals surface area (Å²) >= 11 is 4.74. The highest BCUT2D eigenvalue weighted by atomic mass is 32.1. The summed E-state index contributed by atoms with van der Waals surface area (Å²) in [5, 5.41) is 2.28. The largest absolute Gasteiger partial charge is 0.376 e. The number of nitrogens with two attached hydrogens (primary N) is 1. The fourth-order valence-electron chi connectivity index (χ4n) is 1.14. The maximum atomic E-state index is 11.4. The molecule has 0 aromatic heterocycles. The third-order valence-electron chi connectivity index (χ3n) is 2.05. The summed E-state index contributed by atoms with van der Waals surface area (Å²) in [5.41, 5.74) is 4.54. The van der Waals surface area contributed by atoms with Crippen molar-refractivity contribution in [3.05, 3.63) is 0 Å². The Balaban J connectivity index is 2.98. The minimum atomic E-state index is -0.847. The first kappa shape index (κ1) is 9.91. The predicted octanol–water partition coefficient (Wildman–Crippen LogP) is -1.03. The molecule has 0 bridgehead atoms. The molecule has 1 aliphatic heterocycles. The number of carbonyl (C=O) groups excluding carboxylic acids is 2. The monoisotopic (exact) mass is 201 g/mol. The van der Waals surface area contributed by atoms with E-state index in [2.05, 4.69) is 5.32 Å². The number of nitrogens with zero attached hydrogens (tertiary/aromatic N) is 1. The molecule has 1 saturated heterocycles. The van der Waals surface area contributed by atoms with Crippen molar-refractivity contribution < 1.29 is 9.59 Å². The van der Waals surface area contributed by atoms with E-state index in [0.29, 0.717) is 0 Å². The third kappa shape index (κ3) is 1.62. The molecule has 1 heterocycles. The van der Waals surface area contributed by atoms with Gasteiger partial charge < -0.3 is 10.6 Å². The molecule has 3 N–H and O–H groups in total. The Kier molecular flexibility index (Phi) is 2.25. The van der Waals surface area contributed by atoms with E-state index in [1.54, 1.807) is 13.8 Å². The number of hydrogen-bond acceptors (Lipinski definition) is 3. The fourth-order valence-corrected chi connectivity index (χ4v) is 1.43. The molecular weight excluding hydrogens is 190 g/mol. The number of rotatable bonds is 0. The van der Waals surface area contributed by atoms with Crippen LogP contribution in [0.4, 0.5) is 0 Å². The van der Waals surface area contributed by atoms with E-state index in [0.717, 1.165) is 0 Å². The van der Waals surface area contributed by atoms with Crippen LogP contribution in [-0.4, -0.2) is 33.9 Å². The molecule has 2 amide bonds. The molecule has 6 heteroatoms. The lowest BCUT2D eigenvalue weighted by atomic mass is 9.99. The van der Waals surface area contributed by atoms with Crippen LogP contribution in [0.2, 0.25) is 0 Å². The van der Waals surface area contributed by atoms with Crippen LogP contribution in [0.3, 0.4) is 0 Å². The van der Waals surface area contributed by atoms with E-state index >= 15 is 0 Å². The van der Waals surface area contributed by atoms with Gasteiger partial charge in [0.15, 0.2) is 5.11 Å². The van der Waals surface area contributed by atoms with Gasteiger partial charge in [0.2, 0.25) is 5.91 Å². The number of imide groups is 1. The zero-order chi connectivity index (χ0) is 10.2. The second kappa shape index (κ2) is 2.95. The minimum Gasteiger partial charge on any atom is -0.376 e. The van der Waals surface area contributed by atoms with Crippen LogP contribution in [-0.2, 0) is 9.59 Å². The van der Waals surface area contributed by atoms with Crippen LogP contribution < -0.4 is 11.1 Å². The molecule has 72 valence electrons. The van der Waals surface area contributed by atoms with Gasteiger partial charge in [0.05, 0.1) is 0 Å². The number of nitrogens with one attached hydrogen (secondary N) is 1. The zero-order valence-electron chi connectivity index (χ0n) is 7.46. The van der Waals surface area contributed by atoms with Crippen molar-refractivity contribution in [1.29, 1.82) is 0 Å². The highest BCUT2D eigenvalue weighted by molar-refractivity contribution is 7.80. The Morgan fingerprint density at radius 3 is 2.62 bits per heavy atom. The quantitative estimate of drug-likeness (QED) is 0.387. The molecule has 0 spiro atoms. The van der Waals surface area contributed by atoms with Gasteiger partial charge in [-0.25, -0.2) is 0 Å². The number of amides is 2. The topological polar surface area (TPSA) is 75.4 Å². The third-order valence-corrected chi connectivity index (χ3v) is 2.27. The predicted molar refractivity (Wildman–Crippen MR) is 50.7 cm³/mol. The fraction of sp³-hybridized carbons (Fsp3) is 0.571. The van der Waals surface area contributed by atoms with Crippen molar-refractivity contribution in [3.8, 4) is 0 Å². The molecule has 0 atom stereocenters. The second-order valence-corrected chi connectivity index (χ2v) is 3.78. The van der Waals surface area contributed by atoms with Gasteiger partial charge in [-0.3, -0.25) is 14.9 Å². The molecule has 0 unspecified atom stereocenters. The summed E-state index contributed by atoms with van der Waals surface area (Å²) in [6.07, 6.45) is 0. The van der Waals surface area contributed by atoms with Gasteiger partial charge in [-0.05, 0) is 26.1 Å². The SMILES string of the molecule is CC1(C)C(=O)NC(=O)CN1C(N)=S. The zero-order valence-corrected chi connectivity index (χ0v) is 8.27. The van der Waals surface area contributed by atoms with E-state index < -0.39 is 5.54 Å². The summed E-state index contributed by atoms with van der Waals surface area (Å²) in [5.74, 6) is -0.756. The maximum Gasteiger partial charge on any atom is 0.251 e. The smallest absolute Gasteiger partial charge is 0.251 e. The van der Waals surface area contributed by atoms with Crippen molar-refractivity contribution in [2.45, 2.75) is 19.4 Å². The van der Waals surface area contributed by atoms with Crippen molar-refractivity contribution in [1.82, 2.24) is 10.2 Å². The first-order chi connectivity index (χ1) is 5.85. The van der Waals surface area contributed by atoms with Crippen LogP contribution in [0, 0.1) is 0 Å². The standard InChI is InChI=1S/C7H11N3O2S/c1-7(2)5(12)9-4(11)3-10(7)6(8)13/h3H2,1-2H3,(H2,8,13)(H,9,11,12). The molecule has 0 aliphatic carbocycles. The van der Waals surface area contributed by atoms with Gasteiger partial charge in [-0.15, -0.1) is 0 Å². The first-order valence-corrected chi connectivity index (χ1v) is 4.18. The summed E-state index contributed by atoms with van der Waals surface area (Å²) in [6, 6.07) is 0. The van der Waals surface area contributed by atoms with Crippen molar-refractivity contribution in [2.24, 2.45) is 5.73 Å². The van der Waals surface area contributed by atoms with Gasteiger partial charge in [0.25, 0.3) is 5.91 Å². The van der Waals surface area contributed by atoms with E-state index in [1.807, 2.05) is 0 Å². The average molecular weight is 201 g/mol. The van der Waals surface area contributed by atoms with Gasteiger partial charge in [-0.2, -0.15) is 0 Å². The molecule has 1 rings (SSSR count). The molecular formula is C7H11N3O2S. The molecule has 0 radical (unpaired) electrons. The van der Waals surface area contributed by atoms with Crippen LogP contribution in [0.15, 0.2) is 0 Å². The van der Waals surface area contributed by atoms with E-state index in [9.17, 15) is 9.59 Å². The Hall–Kier alpha value is -1.17. The molecule has 1 fully saturated rings. The highest BCUT2D eigenvalue weighted by Gasteiger charge is 2.41. The Morgan fingerprint density at radius 2 is 2.15 bits per heavy atom. The normalized spacial score (nSPS) is 21.2. The van der Waals surface area contributed by atoms with Crippen molar-refractivity contribution in [3.63, 3.8) is 0 Å². The molecule has 5 nitrogen and oxygen atoms in total. The van der Waals surface area contributed by atoms with Crippen molar-refractivity contribution >= 4 is 29.1 Å². The van der Waals surface area contributed by atoms with E-state index in [-0.39, 0.29) is 23.5 Å². The average Bonchev–Trinajstić information content (AvgIpc) is 1.96. The van der Waals surface area contributed by atoms with Gasteiger partial charge in [0.1, 0.15) is 12.1 Å². The minimum absolute atomic E-state index is 0.0358. The summed E-state index contributed by atoms with van der Waals surface area (Å²) in [6.45, 7) is 3.36. The van der Waals surface area contributed by atoms with Crippen LogP contribution in [0.5, 0.6) is 0 Å². The van der Waals surface area contributed by atoms with Crippen LogP contribution >= 0.6 is 12.2 Å². The Bertz CT molecular complexity index is 287. The van der Waals surface area contributed by atoms with E-state index in [1.165, 1.54) is 4.90 Å². The van der Waals surface area contributed by atoms with Crippen LogP contribution in [0.25, 0.3) is 0 Å². The molecule has 13 heavy (non-hydrogen) atoms. The molecule has 1 aliphatic rings. The summed E-state index contributed by atoms with van der Waals surface area (Å²) < 4.78 is 0. The first-order valence-electron chi connectivity index (χ1n) is 3.77. The summed E-state index contributed by atoms with van der Waals surface area (Å²) in [7, 11) is 0. The number of hydrogen-bond donors (Lipinski definition) is 2.